The van der Waals surface area contributed by atoms with Crippen LogP contribution in [0, 0.1) is 11.8 Å². The number of rotatable bonds is 2. The molecule has 0 saturated carbocycles. The fraction of sp³-hybridized carbons (Fsp3) is 0.429. The molecule has 1 atom stereocenters. The molecule has 142 valence electrons. The average Bonchev–Trinajstić information content (AvgIpc) is 2.68. The maximum Gasteiger partial charge on any atom is 0.416 e. The molecule has 6 rings (SSSR count). The monoisotopic (exact) mass is 390 g/mol. The number of alkyl halides is 3. The topological polar surface area (TPSA) is 6.48 Å². The Labute approximate surface area is 161 Å². The quantitative estimate of drug-likeness (QED) is 0.654. The van der Waals surface area contributed by atoms with Crippen LogP contribution in [-0.4, -0.2) is 31.1 Å². The van der Waals surface area contributed by atoms with Crippen molar-refractivity contribution in [3.63, 3.8) is 0 Å². The molecule has 6 heteroatoms. The van der Waals surface area contributed by atoms with E-state index in [1.165, 1.54) is 38.1 Å². The molecular formula is C21H21F3N2S. The van der Waals surface area contributed by atoms with Crippen molar-refractivity contribution in [2.45, 2.75) is 28.8 Å². The SMILES string of the molecule is FC(F)(F)c1ccc2c(c1)N(CC1CN3CCC1CC3)c1ccccc1S2. The van der Waals surface area contributed by atoms with Crippen LogP contribution >= 0.6 is 11.8 Å². The van der Waals surface area contributed by atoms with Crippen LogP contribution in [-0.2, 0) is 6.18 Å². The third-order valence-corrected chi connectivity index (χ3v) is 7.29. The van der Waals surface area contributed by atoms with Crippen LogP contribution in [0.25, 0.3) is 0 Å². The molecule has 0 aromatic heterocycles. The van der Waals surface area contributed by atoms with Crippen LogP contribution in [0.3, 0.4) is 0 Å². The van der Waals surface area contributed by atoms with E-state index in [2.05, 4.69) is 15.9 Å². The lowest BCUT2D eigenvalue weighted by molar-refractivity contribution is -0.137. The molecule has 3 saturated heterocycles. The van der Waals surface area contributed by atoms with Crippen molar-refractivity contribution in [2.24, 2.45) is 11.8 Å². The number of para-hydroxylation sites is 1. The first-order valence-electron chi connectivity index (χ1n) is 9.47. The van der Waals surface area contributed by atoms with E-state index < -0.39 is 11.7 Å². The van der Waals surface area contributed by atoms with E-state index in [1.54, 1.807) is 17.8 Å². The fourth-order valence-electron chi connectivity index (χ4n) is 4.73. The Morgan fingerprint density at radius 3 is 2.41 bits per heavy atom. The predicted molar refractivity (Wildman–Crippen MR) is 102 cm³/mol. The molecule has 0 aliphatic carbocycles. The van der Waals surface area contributed by atoms with Crippen molar-refractivity contribution in [1.29, 1.82) is 0 Å². The van der Waals surface area contributed by atoms with Crippen molar-refractivity contribution in [3.05, 3.63) is 48.0 Å². The Kier molecular flexibility index (Phi) is 4.17. The highest BCUT2D eigenvalue weighted by atomic mass is 32.2. The summed E-state index contributed by atoms with van der Waals surface area (Å²) >= 11 is 1.56. The smallest absolute Gasteiger partial charge is 0.339 e. The molecule has 0 radical (unpaired) electrons. The minimum Gasteiger partial charge on any atom is -0.339 e. The average molecular weight is 390 g/mol. The van der Waals surface area contributed by atoms with Gasteiger partial charge in [-0.2, -0.15) is 13.2 Å². The van der Waals surface area contributed by atoms with E-state index in [9.17, 15) is 13.2 Å². The van der Waals surface area contributed by atoms with E-state index in [-0.39, 0.29) is 0 Å². The van der Waals surface area contributed by atoms with Crippen LogP contribution in [0.5, 0.6) is 0 Å². The van der Waals surface area contributed by atoms with Crippen molar-refractivity contribution in [3.8, 4) is 0 Å². The second-order valence-corrected chi connectivity index (χ2v) is 8.84. The molecule has 4 aliphatic rings. The van der Waals surface area contributed by atoms with E-state index >= 15 is 0 Å². The van der Waals surface area contributed by atoms with Crippen LogP contribution in [0.2, 0.25) is 0 Å². The molecule has 2 bridgehead atoms. The van der Waals surface area contributed by atoms with Gasteiger partial charge in [0.2, 0.25) is 0 Å². The van der Waals surface area contributed by atoms with Gasteiger partial charge in [0, 0.05) is 22.9 Å². The first kappa shape index (κ1) is 17.4. The number of fused-ring (bicyclic) bond motifs is 5. The number of anilines is 2. The number of piperidine rings is 3. The Morgan fingerprint density at radius 1 is 0.963 bits per heavy atom. The van der Waals surface area contributed by atoms with Crippen LogP contribution in [0.4, 0.5) is 24.5 Å². The Morgan fingerprint density at radius 2 is 1.70 bits per heavy atom. The zero-order valence-corrected chi connectivity index (χ0v) is 15.7. The van der Waals surface area contributed by atoms with E-state index in [0.29, 0.717) is 17.5 Å². The van der Waals surface area contributed by atoms with Gasteiger partial charge in [-0.25, -0.2) is 0 Å². The van der Waals surface area contributed by atoms with Gasteiger partial charge < -0.3 is 9.80 Å². The third kappa shape index (κ3) is 3.13. The summed E-state index contributed by atoms with van der Waals surface area (Å²) < 4.78 is 40.0. The minimum atomic E-state index is -4.32. The van der Waals surface area contributed by atoms with Gasteiger partial charge in [-0.1, -0.05) is 23.9 Å². The van der Waals surface area contributed by atoms with Gasteiger partial charge in [0.1, 0.15) is 0 Å². The Hall–Kier alpha value is -1.66. The molecule has 2 aromatic carbocycles. The number of benzene rings is 2. The highest BCUT2D eigenvalue weighted by Gasteiger charge is 2.38. The molecule has 4 aliphatic heterocycles. The van der Waals surface area contributed by atoms with E-state index in [1.807, 2.05) is 18.2 Å². The summed E-state index contributed by atoms with van der Waals surface area (Å²) in [7, 11) is 0. The lowest BCUT2D eigenvalue weighted by Gasteiger charge is -2.47. The van der Waals surface area contributed by atoms with Crippen molar-refractivity contribution >= 4 is 23.1 Å². The fourth-order valence-corrected chi connectivity index (χ4v) is 5.81. The van der Waals surface area contributed by atoms with Gasteiger partial charge in [-0.15, -0.1) is 0 Å². The molecule has 4 heterocycles. The summed E-state index contributed by atoms with van der Waals surface area (Å²) in [6.07, 6.45) is -1.90. The summed E-state index contributed by atoms with van der Waals surface area (Å²) in [6, 6.07) is 12.2. The Bertz CT molecular complexity index is 859. The predicted octanol–water partition coefficient (Wildman–Crippen LogP) is 5.65. The molecule has 0 amide bonds. The summed E-state index contributed by atoms with van der Waals surface area (Å²) in [5, 5.41) is 0. The number of hydrogen-bond acceptors (Lipinski definition) is 3. The van der Waals surface area contributed by atoms with Gasteiger partial charge in [-0.05, 0) is 68.1 Å². The summed E-state index contributed by atoms with van der Waals surface area (Å²) in [5.41, 5.74) is 1.16. The van der Waals surface area contributed by atoms with Crippen molar-refractivity contribution < 1.29 is 13.2 Å². The highest BCUT2D eigenvalue weighted by molar-refractivity contribution is 7.99. The largest absolute Gasteiger partial charge is 0.416 e. The summed E-state index contributed by atoms with van der Waals surface area (Å²) in [5.74, 6) is 1.19. The van der Waals surface area contributed by atoms with Gasteiger partial charge in [0.15, 0.2) is 0 Å². The van der Waals surface area contributed by atoms with Gasteiger partial charge in [-0.3, -0.25) is 0 Å². The maximum absolute atomic E-state index is 13.3. The van der Waals surface area contributed by atoms with Crippen LogP contribution in [0.15, 0.2) is 52.3 Å². The highest BCUT2D eigenvalue weighted by Crippen LogP contribution is 2.50. The normalized spacial score (nSPS) is 26.6. The molecule has 0 N–H and O–H groups in total. The standard InChI is InChI=1S/C21H21F3N2S/c22-21(23,24)16-5-6-20-18(11-16)26(17-3-1-2-4-19(17)27-20)13-15-12-25-9-7-14(15)8-10-25/h1-6,11,14-15H,7-10,12-13H2. The van der Waals surface area contributed by atoms with E-state index in [4.69, 9.17) is 0 Å². The molecule has 0 spiro atoms. The Balaban J connectivity index is 1.55. The second-order valence-electron chi connectivity index (χ2n) is 7.76. The van der Waals surface area contributed by atoms with E-state index in [0.717, 1.165) is 28.6 Å². The number of nitrogens with zero attached hydrogens (tertiary/aromatic N) is 2. The molecule has 1 unspecified atom stereocenters. The van der Waals surface area contributed by atoms with Gasteiger partial charge >= 0.3 is 6.18 Å². The first-order valence-corrected chi connectivity index (χ1v) is 10.3. The van der Waals surface area contributed by atoms with Crippen molar-refractivity contribution in [1.82, 2.24) is 4.90 Å². The lowest BCUT2D eigenvalue weighted by Crippen LogP contribution is -2.50. The lowest BCUT2D eigenvalue weighted by atomic mass is 9.78. The molecular weight excluding hydrogens is 369 g/mol. The van der Waals surface area contributed by atoms with Crippen LogP contribution < -0.4 is 4.90 Å². The van der Waals surface area contributed by atoms with Gasteiger partial charge in [0.25, 0.3) is 0 Å². The minimum absolute atomic E-state index is 0.506. The van der Waals surface area contributed by atoms with Crippen molar-refractivity contribution in [2.75, 3.05) is 31.1 Å². The maximum atomic E-state index is 13.3. The third-order valence-electron chi connectivity index (χ3n) is 6.16. The molecule has 27 heavy (non-hydrogen) atoms. The second kappa shape index (κ2) is 6.45. The summed E-state index contributed by atoms with van der Waals surface area (Å²) in [4.78, 5) is 6.67. The molecule has 2 nitrogen and oxygen atoms in total. The van der Waals surface area contributed by atoms with Crippen LogP contribution in [0.1, 0.15) is 18.4 Å². The molecule has 2 aromatic rings. The zero-order valence-electron chi connectivity index (χ0n) is 14.9. The van der Waals surface area contributed by atoms with Gasteiger partial charge in [0.05, 0.1) is 16.9 Å². The number of halogens is 3. The first-order chi connectivity index (χ1) is 13.0. The zero-order chi connectivity index (χ0) is 18.6. The summed E-state index contributed by atoms with van der Waals surface area (Å²) in [6.45, 7) is 4.18. The molecule has 3 fully saturated rings. The number of hydrogen-bond donors (Lipinski definition) is 0.